The Kier molecular flexibility index (Phi) is 4.95. The van der Waals surface area contributed by atoms with Crippen LogP contribution in [0.15, 0.2) is 24.3 Å². The molecule has 1 aromatic rings. The number of hydrogen-bond acceptors (Lipinski definition) is 2. The number of nitrogens with one attached hydrogen (secondary N) is 1. The highest BCUT2D eigenvalue weighted by atomic mass is 35.5. The molecule has 1 nitrogen and oxygen atoms in total. The summed E-state index contributed by atoms with van der Waals surface area (Å²) >= 11 is 8.22. The lowest BCUT2D eigenvalue weighted by molar-refractivity contribution is 0.266. The normalized spacial score (nSPS) is 33.1. The van der Waals surface area contributed by atoms with E-state index < -0.39 is 0 Å². The molecule has 1 N–H and O–H groups in total. The van der Waals surface area contributed by atoms with Gasteiger partial charge in [-0.25, -0.2) is 0 Å². The molecule has 0 bridgehead atoms. The molecule has 2 atom stereocenters. The molecule has 2 saturated carbocycles. The van der Waals surface area contributed by atoms with Gasteiger partial charge in [0.1, 0.15) is 0 Å². The van der Waals surface area contributed by atoms with Crippen LogP contribution in [0.2, 0.25) is 5.02 Å². The molecule has 2 fully saturated rings. The van der Waals surface area contributed by atoms with Gasteiger partial charge in [-0.1, -0.05) is 37.1 Å². The van der Waals surface area contributed by atoms with Crippen molar-refractivity contribution in [2.75, 3.05) is 5.75 Å². The third-order valence-electron chi connectivity index (χ3n) is 4.74. The van der Waals surface area contributed by atoms with Crippen LogP contribution in [0.4, 0.5) is 0 Å². The number of benzene rings is 1. The van der Waals surface area contributed by atoms with Crippen LogP contribution < -0.4 is 5.32 Å². The van der Waals surface area contributed by atoms with Gasteiger partial charge in [0.2, 0.25) is 0 Å². The highest BCUT2D eigenvalue weighted by molar-refractivity contribution is 7.99. The zero-order valence-electron chi connectivity index (χ0n) is 12.1. The Bertz CT molecular complexity index is 444. The molecule has 0 saturated heterocycles. The van der Waals surface area contributed by atoms with Crippen molar-refractivity contribution in [1.82, 2.24) is 5.32 Å². The summed E-state index contributed by atoms with van der Waals surface area (Å²) in [6.45, 7) is 2.28. The van der Waals surface area contributed by atoms with Gasteiger partial charge in [-0.3, -0.25) is 0 Å². The van der Waals surface area contributed by atoms with E-state index in [1.165, 1.54) is 43.4 Å². The molecule has 2 aliphatic rings. The highest BCUT2D eigenvalue weighted by Gasteiger charge is 2.35. The van der Waals surface area contributed by atoms with E-state index in [0.717, 1.165) is 22.4 Å². The maximum atomic E-state index is 6.08. The molecule has 0 spiro atoms. The van der Waals surface area contributed by atoms with E-state index in [4.69, 9.17) is 11.6 Å². The number of thioether (sulfide) groups is 1. The summed E-state index contributed by atoms with van der Waals surface area (Å²) in [5, 5.41) is 5.63. The Morgan fingerprint density at radius 1 is 1.30 bits per heavy atom. The van der Waals surface area contributed by atoms with Crippen LogP contribution in [-0.2, 0) is 0 Å². The van der Waals surface area contributed by atoms with E-state index in [0.29, 0.717) is 5.92 Å². The molecule has 2 unspecified atom stereocenters. The molecule has 3 heteroatoms. The quantitative estimate of drug-likeness (QED) is 0.834. The molecule has 0 aromatic heterocycles. The third-order valence-corrected chi connectivity index (χ3v) is 6.30. The van der Waals surface area contributed by atoms with Gasteiger partial charge < -0.3 is 5.32 Å². The second kappa shape index (κ2) is 6.72. The first-order chi connectivity index (χ1) is 9.76. The Morgan fingerprint density at radius 3 is 2.90 bits per heavy atom. The molecule has 0 aliphatic heterocycles. The molecular formula is C17H24ClNS. The van der Waals surface area contributed by atoms with Gasteiger partial charge in [0.05, 0.1) is 0 Å². The molecule has 0 radical (unpaired) electrons. The Balaban J connectivity index is 1.48. The van der Waals surface area contributed by atoms with Crippen LogP contribution in [0.25, 0.3) is 0 Å². The minimum Gasteiger partial charge on any atom is -0.310 e. The van der Waals surface area contributed by atoms with Gasteiger partial charge in [-0.05, 0) is 55.1 Å². The zero-order valence-corrected chi connectivity index (χ0v) is 13.7. The minimum absolute atomic E-state index is 0.713. The third kappa shape index (κ3) is 3.35. The van der Waals surface area contributed by atoms with Gasteiger partial charge in [0.25, 0.3) is 0 Å². The summed E-state index contributed by atoms with van der Waals surface area (Å²) in [6, 6.07) is 9.87. The Labute approximate surface area is 131 Å². The van der Waals surface area contributed by atoms with Crippen molar-refractivity contribution < 1.29 is 0 Å². The predicted molar refractivity (Wildman–Crippen MR) is 89.9 cm³/mol. The number of halogens is 1. The smallest absolute Gasteiger partial charge is 0.0408 e. The van der Waals surface area contributed by atoms with E-state index in [1.54, 1.807) is 0 Å². The molecule has 2 aliphatic carbocycles. The van der Waals surface area contributed by atoms with Crippen LogP contribution in [0, 0.1) is 0 Å². The first kappa shape index (κ1) is 14.7. The summed E-state index contributed by atoms with van der Waals surface area (Å²) in [6.07, 6.45) is 6.73. The van der Waals surface area contributed by atoms with Gasteiger partial charge >= 0.3 is 0 Å². The standard InChI is InChI=1S/C17H24ClNS/c1-2-20-17-8-4-7-16(17)19-15-10-13(11-15)12-5-3-6-14(18)9-12/h3,5-6,9,13,15-17,19H,2,4,7-8,10-11H2,1H3. The van der Waals surface area contributed by atoms with Gasteiger partial charge in [0, 0.05) is 22.4 Å². The molecule has 0 amide bonds. The van der Waals surface area contributed by atoms with E-state index in [2.05, 4.69) is 42.2 Å². The SMILES string of the molecule is CCSC1CCCC1NC1CC(c2cccc(Cl)c2)C1. The number of hydrogen-bond donors (Lipinski definition) is 1. The van der Waals surface area contributed by atoms with Crippen molar-refractivity contribution in [3.05, 3.63) is 34.9 Å². The van der Waals surface area contributed by atoms with Crippen molar-refractivity contribution in [2.24, 2.45) is 0 Å². The predicted octanol–water partition coefficient (Wildman–Crippen LogP) is 4.85. The van der Waals surface area contributed by atoms with E-state index in [-0.39, 0.29) is 0 Å². The topological polar surface area (TPSA) is 12.0 Å². The zero-order chi connectivity index (χ0) is 13.9. The lowest BCUT2D eigenvalue weighted by Gasteiger charge is -2.39. The van der Waals surface area contributed by atoms with Crippen LogP contribution in [0.3, 0.4) is 0 Å². The maximum absolute atomic E-state index is 6.08. The average Bonchev–Trinajstić information content (AvgIpc) is 2.81. The number of rotatable bonds is 5. The van der Waals surface area contributed by atoms with Gasteiger partial charge in [0.15, 0.2) is 0 Å². The molecule has 0 heterocycles. The summed E-state index contributed by atoms with van der Waals surface area (Å²) in [5.74, 6) is 1.96. The van der Waals surface area contributed by atoms with Crippen LogP contribution in [0.5, 0.6) is 0 Å². The Morgan fingerprint density at radius 2 is 2.15 bits per heavy atom. The highest BCUT2D eigenvalue weighted by Crippen LogP contribution is 2.39. The molecule has 3 rings (SSSR count). The van der Waals surface area contributed by atoms with Crippen molar-refractivity contribution in [1.29, 1.82) is 0 Å². The van der Waals surface area contributed by atoms with Crippen molar-refractivity contribution in [3.63, 3.8) is 0 Å². The largest absolute Gasteiger partial charge is 0.310 e. The minimum atomic E-state index is 0.713. The van der Waals surface area contributed by atoms with E-state index in [9.17, 15) is 0 Å². The fourth-order valence-electron chi connectivity index (χ4n) is 3.62. The maximum Gasteiger partial charge on any atom is 0.0408 e. The molecule has 110 valence electrons. The lowest BCUT2D eigenvalue weighted by Crippen LogP contribution is -2.47. The summed E-state index contributed by atoms with van der Waals surface area (Å²) in [5.41, 5.74) is 1.42. The first-order valence-corrected chi connectivity index (χ1v) is 9.32. The van der Waals surface area contributed by atoms with E-state index >= 15 is 0 Å². The van der Waals surface area contributed by atoms with Crippen molar-refractivity contribution >= 4 is 23.4 Å². The summed E-state index contributed by atoms with van der Waals surface area (Å²) < 4.78 is 0. The monoisotopic (exact) mass is 309 g/mol. The lowest BCUT2D eigenvalue weighted by atomic mass is 9.75. The van der Waals surface area contributed by atoms with Gasteiger partial charge in [-0.2, -0.15) is 11.8 Å². The fourth-order valence-corrected chi connectivity index (χ4v) is 5.03. The summed E-state index contributed by atoms with van der Waals surface area (Å²) in [4.78, 5) is 0. The molecule has 20 heavy (non-hydrogen) atoms. The fraction of sp³-hybridized carbons (Fsp3) is 0.647. The Hall–Kier alpha value is -0.180. The van der Waals surface area contributed by atoms with Crippen molar-refractivity contribution in [3.8, 4) is 0 Å². The van der Waals surface area contributed by atoms with Gasteiger partial charge in [-0.15, -0.1) is 0 Å². The first-order valence-electron chi connectivity index (χ1n) is 7.89. The molecule has 1 aromatic carbocycles. The van der Waals surface area contributed by atoms with Crippen LogP contribution in [0.1, 0.15) is 50.5 Å². The molecular weight excluding hydrogens is 286 g/mol. The second-order valence-corrected chi connectivity index (χ2v) is 8.07. The average molecular weight is 310 g/mol. The second-order valence-electron chi connectivity index (χ2n) is 6.12. The summed E-state index contributed by atoms with van der Waals surface area (Å²) in [7, 11) is 0. The van der Waals surface area contributed by atoms with Crippen LogP contribution in [-0.4, -0.2) is 23.1 Å². The van der Waals surface area contributed by atoms with Crippen molar-refractivity contribution in [2.45, 2.75) is 62.3 Å². The van der Waals surface area contributed by atoms with Crippen LogP contribution >= 0.6 is 23.4 Å². The van der Waals surface area contributed by atoms with E-state index in [1.807, 2.05) is 6.07 Å².